The summed E-state index contributed by atoms with van der Waals surface area (Å²) in [5.41, 5.74) is 5.57. The Labute approximate surface area is 82.3 Å². The van der Waals surface area contributed by atoms with E-state index < -0.39 is 0 Å². The summed E-state index contributed by atoms with van der Waals surface area (Å²) in [6.45, 7) is 0. The Morgan fingerprint density at radius 3 is 2.77 bits per heavy atom. The lowest BCUT2D eigenvalue weighted by Gasteiger charge is -2.33. The summed E-state index contributed by atoms with van der Waals surface area (Å²) >= 11 is 6.29. The molecule has 0 spiro atoms. The van der Waals surface area contributed by atoms with Crippen LogP contribution >= 0.6 is 11.6 Å². The van der Waals surface area contributed by atoms with Crippen molar-refractivity contribution in [3.63, 3.8) is 0 Å². The number of nitrogens with two attached hydrogens (primary N) is 1. The van der Waals surface area contributed by atoms with Crippen LogP contribution in [0.5, 0.6) is 0 Å². The molecule has 0 saturated heterocycles. The van der Waals surface area contributed by atoms with Crippen molar-refractivity contribution in [2.24, 2.45) is 10.7 Å². The van der Waals surface area contributed by atoms with Crippen LogP contribution in [-0.4, -0.2) is 21.9 Å². The Kier molecular flexibility index (Phi) is 1.99. The maximum atomic E-state index is 9.49. The third-order valence-electron chi connectivity index (χ3n) is 2.77. The molecule has 0 unspecified atom stereocenters. The zero-order valence-corrected chi connectivity index (χ0v) is 8.09. The molecule has 3 rings (SSSR count). The number of rotatable bonds is 0. The summed E-state index contributed by atoms with van der Waals surface area (Å²) in [6.07, 6.45) is 5.32. The number of hydrogen-bond donors (Lipinski definition) is 2. The molecule has 0 atom stereocenters. The maximum absolute atomic E-state index is 9.49. The van der Waals surface area contributed by atoms with E-state index in [9.17, 15) is 5.11 Å². The van der Waals surface area contributed by atoms with Gasteiger partial charge in [0, 0.05) is 0 Å². The molecule has 0 radical (unpaired) electrons. The van der Waals surface area contributed by atoms with Gasteiger partial charge in [0.15, 0.2) is 11.6 Å². The van der Waals surface area contributed by atoms with Crippen LogP contribution in [0.4, 0.5) is 0 Å². The van der Waals surface area contributed by atoms with Crippen LogP contribution < -0.4 is 5.73 Å². The van der Waals surface area contributed by atoms with Gasteiger partial charge in [-0.25, -0.2) is 0 Å². The highest BCUT2D eigenvalue weighted by atomic mass is 35.5. The van der Waals surface area contributed by atoms with E-state index in [1.807, 2.05) is 0 Å². The highest BCUT2D eigenvalue weighted by Gasteiger charge is 2.34. The van der Waals surface area contributed by atoms with Crippen molar-refractivity contribution in [1.29, 1.82) is 0 Å². The van der Waals surface area contributed by atoms with Gasteiger partial charge < -0.3 is 10.8 Å². The molecule has 3 nitrogen and oxygen atoms in total. The minimum Gasteiger partial charge on any atom is -0.504 e. The number of aliphatic hydroxyl groups is 1. The zero-order chi connectivity index (χ0) is 9.47. The van der Waals surface area contributed by atoms with Crippen LogP contribution in [0.1, 0.15) is 25.7 Å². The third-order valence-corrected chi connectivity index (χ3v) is 3.25. The molecule has 1 saturated carbocycles. The molecule has 13 heavy (non-hydrogen) atoms. The standard InChI is InChI=1S/C9H13ClN2O/c10-9-3-1-6(2-4-9)12-8(11)7(13)5-9/h5-6,13H,1-4H2,(H2,11,12)/b7-5-. The monoisotopic (exact) mass is 200 g/mol. The molecule has 3 aliphatic rings. The molecule has 0 aromatic carbocycles. The lowest BCUT2D eigenvalue weighted by atomic mass is 9.84. The van der Waals surface area contributed by atoms with Gasteiger partial charge in [-0.15, -0.1) is 11.6 Å². The highest BCUT2D eigenvalue weighted by Crippen LogP contribution is 2.38. The average Bonchev–Trinajstić information content (AvgIpc) is 2.07. The van der Waals surface area contributed by atoms with E-state index in [0.29, 0.717) is 0 Å². The fraction of sp³-hybridized carbons (Fsp3) is 0.667. The molecular formula is C9H13ClN2O. The van der Waals surface area contributed by atoms with Gasteiger partial charge >= 0.3 is 0 Å². The van der Waals surface area contributed by atoms with E-state index in [-0.39, 0.29) is 22.5 Å². The third kappa shape index (κ3) is 1.66. The van der Waals surface area contributed by atoms with Crippen molar-refractivity contribution in [1.82, 2.24) is 0 Å². The van der Waals surface area contributed by atoms with E-state index in [2.05, 4.69) is 4.99 Å². The topological polar surface area (TPSA) is 58.6 Å². The van der Waals surface area contributed by atoms with E-state index in [1.165, 1.54) is 0 Å². The molecule has 2 aliphatic heterocycles. The van der Waals surface area contributed by atoms with Gasteiger partial charge in [-0.2, -0.15) is 0 Å². The van der Waals surface area contributed by atoms with Crippen molar-refractivity contribution in [2.75, 3.05) is 0 Å². The number of alkyl halides is 1. The molecule has 1 aliphatic carbocycles. The fourth-order valence-corrected chi connectivity index (χ4v) is 2.26. The van der Waals surface area contributed by atoms with Crippen LogP contribution in [-0.2, 0) is 0 Å². The van der Waals surface area contributed by atoms with Crippen LogP contribution in [0.15, 0.2) is 16.8 Å². The summed E-state index contributed by atoms with van der Waals surface area (Å²) in [6, 6.07) is 0.253. The van der Waals surface area contributed by atoms with E-state index >= 15 is 0 Å². The lowest BCUT2D eigenvalue weighted by Crippen LogP contribution is -2.34. The maximum Gasteiger partial charge on any atom is 0.161 e. The van der Waals surface area contributed by atoms with Crippen LogP contribution in [0, 0.1) is 0 Å². The predicted octanol–water partition coefficient (Wildman–Crippen LogP) is 1.72. The second-order valence-corrected chi connectivity index (χ2v) is 4.56. The van der Waals surface area contributed by atoms with Gasteiger partial charge in [0.05, 0.1) is 10.9 Å². The number of hydrogen-bond acceptors (Lipinski definition) is 3. The molecule has 4 heteroatoms. The predicted molar refractivity (Wildman–Crippen MR) is 53.2 cm³/mol. The number of nitrogens with zero attached hydrogens (tertiary/aromatic N) is 1. The van der Waals surface area contributed by atoms with E-state index in [0.717, 1.165) is 25.7 Å². The lowest BCUT2D eigenvalue weighted by molar-refractivity contribution is 0.369. The molecular weight excluding hydrogens is 188 g/mol. The Morgan fingerprint density at radius 1 is 1.54 bits per heavy atom. The van der Waals surface area contributed by atoms with Crippen molar-refractivity contribution < 1.29 is 5.11 Å². The molecule has 0 aromatic rings. The van der Waals surface area contributed by atoms with E-state index in [1.54, 1.807) is 6.08 Å². The summed E-state index contributed by atoms with van der Waals surface area (Å²) in [4.78, 5) is 3.83. The van der Waals surface area contributed by atoms with Crippen molar-refractivity contribution >= 4 is 17.4 Å². The molecule has 3 N–H and O–H groups in total. The second kappa shape index (κ2) is 2.91. The Balaban J connectivity index is 2.38. The minimum absolute atomic E-state index is 0.0411. The van der Waals surface area contributed by atoms with Crippen LogP contribution in [0.2, 0.25) is 0 Å². The Hall–Kier alpha value is -0.700. The van der Waals surface area contributed by atoms with Gasteiger partial charge in [0.25, 0.3) is 0 Å². The fourth-order valence-electron chi connectivity index (χ4n) is 1.94. The average molecular weight is 201 g/mol. The molecule has 2 bridgehead atoms. The van der Waals surface area contributed by atoms with Gasteiger partial charge in [-0.3, -0.25) is 4.99 Å². The first-order chi connectivity index (χ1) is 6.09. The SMILES string of the molecule is NC1=N/C2CCC(Cl)(\C=C\1O)CC2. The molecule has 1 fully saturated rings. The first kappa shape index (κ1) is 8.88. The minimum atomic E-state index is -0.388. The quantitative estimate of drug-likeness (QED) is 0.585. The van der Waals surface area contributed by atoms with E-state index in [4.69, 9.17) is 17.3 Å². The Morgan fingerprint density at radius 2 is 2.15 bits per heavy atom. The molecule has 0 amide bonds. The number of fused-ring (bicyclic) bond motifs is 3. The van der Waals surface area contributed by atoms with Crippen molar-refractivity contribution in [3.05, 3.63) is 11.8 Å². The summed E-state index contributed by atoms with van der Waals surface area (Å²) < 4.78 is 0. The van der Waals surface area contributed by atoms with Crippen LogP contribution in [0.25, 0.3) is 0 Å². The molecule has 0 aromatic heterocycles. The summed E-state index contributed by atoms with van der Waals surface area (Å²) in [5, 5.41) is 9.49. The van der Waals surface area contributed by atoms with Crippen LogP contribution in [0.3, 0.4) is 0 Å². The number of aliphatic imine (C=N–C) groups is 1. The molecule has 2 heterocycles. The first-order valence-electron chi connectivity index (χ1n) is 4.53. The van der Waals surface area contributed by atoms with Crippen molar-refractivity contribution in [3.8, 4) is 0 Å². The smallest absolute Gasteiger partial charge is 0.161 e. The summed E-state index contributed by atoms with van der Waals surface area (Å²) in [5.74, 6) is 0.272. The van der Waals surface area contributed by atoms with Gasteiger partial charge in [-0.05, 0) is 31.8 Å². The van der Waals surface area contributed by atoms with Gasteiger partial charge in [0.1, 0.15) is 0 Å². The Bertz CT molecular complexity index is 277. The number of aliphatic hydroxyl groups excluding tert-OH is 1. The number of allylic oxidation sites excluding steroid dienone is 1. The summed E-state index contributed by atoms with van der Waals surface area (Å²) in [7, 11) is 0. The second-order valence-electron chi connectivity index (χ2n) is 3.81. The highest BCUT2D eigenvalue weighted by molar-refractivity contribution is 6.25. The first-order valence-corrected chi connectivity index (χ1v) is 4.91. The zero-order valence-electron chi connectivity index (χ0n) is 7.33. The number of halogens is 1. The van der Waals surface area contributed by atoms with Gasteiger partial charge in [0.2, 0.25) is 0 Å². The number of amidine groups is 1. The van der Waals surface area contributed by atoms with Gasteiger partial charge in [-0.1, -0.05) is 0 Å². The molecule has 72 valence electrons. The normalized spacial score (nSPS) is 47.0. The van der Waals surface area contributed by atoms with Crippen molar-refractivity contribution in [2.45, 2.75) is 36.6 Å². The largest absolute Gasteiger partial charge is 0.504 e.